The van der Waals surface area contributed by atoms with E-state index in [4.69, 9.17) is 4.74 Å². The van der Waals surface area contributed by atoms with Gasteiger partial charge in [0.05, 0.1) is 12.3 Å². The Morgan fingerprint density at radius 3 is 3.27 bits per heavy atom. The molecule has 0 radical (unpaired) electrons. The van der Waals surface area contributed by atoms with Crippen LogP contribution in [0.1, 0.15) is 5.69 Å². The maximum absolute atomic E-state index is 5.05. The highest BCUT2D eigenvalue weighted by atomic mass is 79.9. The quantitative estimate of drug-likeness (QED) is 0.781. The summed E-state index contributed by atoms with van der Waals surface area (Å²) >= 11 is 3.53. The molecule has 0 saturated heterocycles. The summed E-state index contributed by atoms with van der Waals surface area (Å²) in [5.74, 6) is 0. The van der Waals surface area contributed by atoms with Crippen LogP contribution in [0.25, 0.3) is 5.65 Å². The van der Waals surface area contributed by atoms with E-state index in [1.54, 1.807) is 19.6 Å². The van der Waals surface area contributed by atoms with E-state index in [1.807, 2.05) is 10.6 Å². The smallest absolute Gasteiger partial charge is 0.182 e. The van der Waals surface area contributed by atoms with Crippen molar-refractivity contribution >= 4 is 21.6 Å². The Bertz CT molecular complexity index is 444. The zero-order valence-corrected chi connectivity index (χ0v) is 9.88. The molecular formula is C9H11BrN4O. The maximum atomic E-state index is 5.05. The first-order chi connectivity index (χ1) is 7.31. The molecule has 5 nitrogen and oxygen atoms in total. The van der Waals surface area contributed by atoms with Gasteiger partial charge in [-0.1, -0.05) is 15.9 Å². The molecule has 0 amide bonds. The summed E-state index contributed by atoms with van der Waals surface area (Å²) in [7, 11) is 1.68. The average Bonchev–Trinajstić information content (AvgIpc) is 2.67. The Labute approximate surface area is 95.6 Å². The monoisotopic (exact) mass is 270 g/mol. The molecule has 6 heteroatoms. The number of methoxy groups -OCH3 is 1. The van der Waals surface area contributed by atoms with Gasteiger partial charge in [0.2, 0.25) is 0 Å². The van der Waals surface area contributed by atoms with Gasteiger partial charge >= 0.3 is 0 Å². The molecule has 0 aliphatic rings. The third-order valence-electron chi connectivity index (χ3n) is 2.05. The van der Waals surface area contributed by atoms with Gasteiger partial charge in [-0.05, 0) is 0 Å². The second-order valence-corrected chi connectivity index (χ2v) is 4.49. The van der Waals surface area contributed by atoms with Crippen LogP contribution in [0.5, 0.6) is 0 Å². The van der Waals surface area contributed by atoms with Gasteiger partial charge in [-0.2, -0.15) is 0 Å². The molecule has 0 aliphatic heterocycles. The van der Waals surface area contributed by atoms with Crippen molar-refractivity contribution in [3.05, 3.63) is 24.4 Å². The Balaban J connectivity index is 2.23. The van der Waals surface area contributed by atoms with Gasteiger partial charge < -0.3 is 4.74 Å². The Morgan fingerprint density at radius 1 is 1.60 bits per heavy atom. The molecule has 0 saturated carbocycles. The predicted octanol–water partition coefficient (Wildman–Crippen LogP) is 1.08. The summed E-state index contributed by atoms with van der Waals surface area (Å²) < 4.78 is 6.91. The third-order valence-corrected chi connectivity index (χ3v) is 2.64. The molecule has 1 atom stereocenters. The molecule has 0 fully saturated rings. The SMILES string of the molecule is COCC(Br)Cc1nccn2cnnc12. The molecule has 2 rings (SSSR count). The second-order valence-electron chi connectivity index (χ2n) is 3.19. The number of ether oxygens (including phenoxy) is 1. The molecule has 0 spiro atoms. The van der Waals surface area contributed by atoms with Gasteiger partial charge in [0.15, 0.2) is 5.65 Å². The highest BCUT2D eigenvalue weighted by Gasteiger charge is 2.10. The lowest BCUT2D eigenvalue weighted by molar-refractivity contribution is 0.200. The van der Waals surface area contributed by atoms with Crippen LogP contribution < -0.4 is 0 Å². The van der Waals surface area contributed by atoms with E-state index in [2.05, 4.69) is 31.1 Å². The van der Waals surface area contributed by atoms with Gasteiger partial charge in [-0.3, -0.25) is 9.38 Å². The van der Waals surface area contributed by atoms with Crippen molar-refractivity contribution in [3.63, 3.8) is 0 Å². The number of nitrogens with zero attached hydrogens (tertiary/aromatic N) is 4. The van der Waals surface area contributed by atoms with Crippen molar-refractivity contribution in [1.82, 2.24) is 19.6 Å². The minimum absolute atomic E-state index is 0.248. The van der Waals surface area contributed by atoms with Crippen molar-refractivity contribution in [3.8, 4) is 0 Å². The number of alkyl halides is 1. The molecule has 80 valence electrons. The number of fused-ring (bicyclic) bond motifs is 1. The maximum Gasteiger partial charge on any atom is 0.182 e. The Kier molecular flexibility index (Phi) is 3.27. The van der Waals surface area contributed by atoms with Gasteiger partial charge in [0.25, 0.3) is 0 Å². The number of hydrogen-bond acceptors (Lipinski definition) is 4. The molecule has 0 aromatic carbocycles. The van der Waals surface area contributed by atoms with Crippen LogP contribution in [0, 0.1) is 0 Å². The standard InChI is InChI=1S/C9H11BrN4O/c1-15-5-7(10)4-8-9-13-12-6-14(9)3-2-11-8/h2-3,6-7H,4-5H2,1H3. The fraction of sp³-hybridized carbons (Fsp3) is 0.444. The van der Waals surface area contributed by atoms with Crippen LogP contribution in [-0.4, -0.2) is 38.1 Å². The zero-order chi connectivity index (χ0) is 10.7. The summed E-state index contributed by atoms with van der Waals surface area (Å²) in [6.45, 7) is 0.650. The molecule has 0 aliphatic carbocycles. The van der Waals surface area contributed by atoms with Crippen LogP contribution in [0.4, 0.5) is 0 Å². The second kappa shape index (κ2) is 4.67. The van der Waals surface area contributed by atoms with E-state index < -0.39 is 0 Å². The van der Waals surface area contributed by atoms with Gasteiger partial charge in [-0.25, -0.2) is 0 Å². The lowest BCUT2D eigenvalue weighted by Gasteiger charge is -2.07. The molecular weight excluding hydrogens is 260 g/mol. The topological polar surface area (TPSA) is 52.3 Å². The van der Waals surface area contributed by atoms with E-state index >= 15 is 0 Å². The zero-order valence-electron chi connectivity index (χ0n) is 8.30. The Hall–Kier alpha value is -1.01. The van der Waals surface area contributed by atoms with Crippen LogP contribution in [0.2, 0.25) is 0 Å². The van der Waals surface area contributed by atoms with E-state index in [0.717, 1.165) is 17.8 Å². The van der Waals surface area contributed by atoms with E-state index in [0.29, 0.717) is 6.61 Å². The van der Waals surface area contributed by atoms with Gasteiger partial charge in [0, 0.05) is 30.8 Å². The first-order valence-electron chi connectivity index (χ1n) is 4.57. The molecule has 2 aromatic heterocycles. The number of halogens is 1. The van der Waals surface area contributed by atoms with Gasteiger partial charge in [-0.15, -0.1) is 10.2 Å². The highest BCUT2D eigenvalue weighted by Crippen LogP contribution is 2.11. The fourth-order valence-electron chi connectivity index (χ4n) is 1.40. The molecule has 2 aromatic rings. The van der Waals surface area contributed by atoms with Crippen LogP contribution >= 0.6 is 15.9 Å². The fourth-order valence-corrected chi connectivity index (χ4v) is 1.98. The number of aromatic nitrogens is 4. The molecule has 1 unspecified atom stereocenters. The minimum atomic E-state index is 0.248. The Morgan fingerprint density at radius 2 is 2.47 bits per heavy atom. The molecule has 0 bridgehead atoms. The average molecular weight is 271 g/mol. The lowest BCUT2D eigenvalue weighted by atomic mass is 10.2. The summed E-state index contributed by atoms with van der Waals surface area (Å²) in [6, 6.07) is 0. The summed E-state index contributed by atoms with van der Waals surface area (Å²) in [5.41, 5.74) is 1.73. The largest absolute Gasteiger partial charge is 0.384 e. The van der Waals surface area contributed by atoms with E-state index in [9.17, 15) is 0 Å². The first-order valence-corrected chi connectivity index (χ1v) is 5.49. The van der Waals surface area contributed by atoms with Crippen molar-refractivity contribution in [2.45, 2.75) is 11.2 Å². The molecule has 2 heterocycles. The molecule has 0 N–H and O–H groups in total. The number of hydrogen-bond donors (Lipinski definition) is 0. The van der Waals surface area contributed by atoms with Crippen molar-refractivity contribution < 1.29 is 4.74 Å². The number of rotatable bonds is 4. The highest BCUT2D eigenvalue weighted by molar-refractivity contribution is 9.09. The van der Waals surface area contributed by atoms with Crippen molar-refractivity contribution in [2.75, 3.05) is 13.7 Å². The summed E-state index contributed by atoms with van der Waals surface area (Å²) in [6.07, 6.45) is 6.02. The lowest BCUT2D eigenvalue weighted by Crippen LogP contribution is -2.12. The van der Waals surface area contributed by atoms with Crippen molar-refractivity contribution in [1.29, 1.82) is 0 Å². The first kappa shape index (κ1) is 10.5. The van der Waals surface area contributed by atoms with E-state index in [1.165, 1.54) is 0 Å². The third kappa shape index (κ3) is 2.32. The molecule has 15 heavy (non-hydrogen) atoms. The van der Waals surface area contributed by atoms with Crippen LogP contribution in [0.3, 0.4) is 0 Å². The van der Waals surface area contributed by atoms with Crippen LogP contribution in [-0.2, 0) is 11.2 Å². The van der Waals surface area contributed by atoms with Crippen LogP contribution in [0.15, 0.2) is 18.7 Å². The van der Waals surface area contributed by atoms with Crippen molar-refractivity contribution in [2.24, 2.45) is 0 Å². The van der Waals surface area contributed by atoms with Gasteiger partial charge in [0.1, 0.15) is 6.33 Å². The minimum Gasteiger partial charge on any atom is -0.384 e. The summed E-state index contributed by atoms with van der Waals surface area (Å²) in [5, 5.41) is 7.86. The predicted molar refractivity (Wildman–Crippen MR) is 59.1 cm³/mol. The summed E-state index contributed by atoms with van der Waals surface area (Å²) in [4.78, 5) is 4.54. The normalized spacial score (nSPS) is 13.2. The van der Waals surface area contributed by atoms with E-state index in [-0.39, 0.29) is 4.83 Å².